The summed E-state index contributed by atoms with van der Waals surface area (Å²) in [5.41, 5.74) is 6.97. The maximum Gasteiger partial charge on any atom is 0.240 e. The first-order valence-electron chi connectivity index (χ1n) is 6.77. The van der Waals surface area contributed by atoms with E-state index in [-0.39, 0.29) is 17.2 Å². The summed E-state index contributed by atoms with van der Waals surface area (Å²) in [6.07, 6.45) is 1.11. The summed E-state index contributed by atoms with van der Waals surface area (Å²) in [6.45, 7) is 1.97. The van der Waals surface area contributed by atoms with E-state index in [4.69, 9.17) is 5.73 Å². The normalized spacial score (nSPS) is 21.5. The fraction of sp³-hybridized carbons (Fsp3) is 0.538. The molecule has 118 valence electrons. The van der Waals surface area contributed by atoms with Gasteiger partial charge in [0.15, 0.2) is 9.84 Å². The maximum atomic E-state index is 12.3. The van der Waals surface area contributed by atoms with Crippen molar-refractivity contribution >= 4 is 19.9 Å². The highest BCUT2D eigenvalue weighted by molar-refractivity contribution is 7.92. The van der Waals surface area contributed by atoms with Gasteiger partial charge in [0, 0.05) is 13.1 Å². The molecule has 0 aromatic heterocycles. The van der Waals surface area contributed by atoms with Gasteiger partial charge in [-0.3, -0.25) is 0 Å². The van der Waals surface area contributed by atoms with Crippen LogP contribution in [0.25, 0.3) is 0 Å². The smallest absolute Gasteiger partial charge is 0.240 e. The van der Waals surface area contributed by atoms with Crippen molar-refractivity contribution in [2.45, 2.75) is 36.5 Å². The number of hydrogen-bond acceptors (Lipinski definition) is 5. The highest BCUT2D eigenvalue weighted by Gasteiger charge is 2.32. The Hall–Kier alpha value is -0.960. The number of sulfonamides is 1. The van der Waals surface area contributed by atoms with Crippen LogP contribution in [0.5, 0.6) is 0 Å². The van der Waals surface area contributed by atoms with E-state index in [1.54, 1.807) is 19.1 Å². The van der Waals surface area contributed by atoms with Crippen LogP contribution in [-0.2, 0) is 26.4 Å². The van der Waals surface area contributed by atoms with Gasteiger partial charge in [-0.25, -0.2) is 21.6 Å². The van der Waals surface area contributed by atoms with E-state index in [0.29, 0.717) is 24.9 Å². The van der Waals surface area contributed by atoms with E-state index in [0.717, 1.165) is 5.56 Å². The van der Waals surface area contributed by atoms with Crippen LogP contribution in [0.2, 0.25) is 0 Å². The second-order valence-corrected chi connectivity index (χ2v) is 9.42. The molecule has 6 nitrogen and oxygen atoms in total. The number of rotatable bonds is 5. The largest absolute Gasteiger partial charge is 0.326 e. The van der Waals surface area contributed by atoms with Gasteiger partial charge in [-0.15, -0.1) is 0 Å². The quantitative estimate of drug-likeness (QED) is 0.807. The number of nitrogens with one attached hydrogen (secondary N) is 1. The summed E-state index contributed by atoms with van der Waals surface area (Å²) in [7, 11) is -6.86. The van der Waals surface area contributed by atoms with Crippen molar-refractivity contribution in [3.05, 3.63) is 29.3 Å². The number of benzene rings is 1. The molecule has 0 aliphatic carbocycles. The SMILES string of the molecule is Cc1cc(CN)ccc1S(=O)(=O)NCC1CCCS1(=O)=O. The summed E-state index contributed by atoms with van der Waals surface area (Å²) in [5.74, 6) is 0.142. The predicted octanol–water partition coefficient (Wildman–Crippen LogP) is 0.309. The molecule has 0 spiro atoms. The van der Waals surface area contributed by atoms with Crippen molar-refractivity contribution in [3.8, 4) is 0 Å². The molecule has 3 N–H and O–H groups in total. The van der Waals surface area contributed by atoms with Crippen LogP contribution in [0.3, 0.4) is 0 Å². The Morgan fingerprint density at radius 1 is 1.38 bits per heavy atom. The number of nitrogens with two attached hydrogens (primary N) is 1. The van der Waals surface area contributed by atoms with Crippen LogP contribution in [-0.4, -0.2) is 34.4 Å². The fourth-order valence-electron chi connectivity index (χ4n) is 2.51. The summed E-state index contributed by atoms with van der Waals surface area (Å²) in [4.78, 5) is 0.162. The molecule has 21 heavy (non-hydrogen) atoms. The predicted molar refractivity (Wildman–Crippen MR) is 81.1 cm³/mol. The van der Waals surface area contributed by atoms with Gasteiger partial charge in [-0.05, 0) is 37.0 Å². The lowest BCUT2D eigenvalue weighted by Crippen LogP contribution is -2.34. The number of aryl methyl sites for hydroxylation is 1. The highest BCUT2D eigenvalue weighted by Crippen LogP contribution is 2.21. The standard InChI is InChI=1S/C13H20N2O4S2/c1-10-7-11(8-14)4-5-13(10)21(18,19)15-9-12-3-2-6-20(12,16)17/h4-5,7,12,15H,2-3,6,8-9,14H2,1H3. The van der Waals surface area contributed by atoms with Crippen LogP contribution in [0.1, 0.15) is 24.0 Å². The molecule has 1 aromatic rings. The van der Waals surface area contributed by atoms with E-state index in [9.17, 15) is 16.8 Å². The Balaban J connectivity index is 2.16. The van der Waals surface area contributed by atoms with Crippen LogP contribution in [0, 0.1) is 6.92 Å². The zero-order chi connectivity index (χ0) is 15.7. The molecule has 8 heteroatoms. The van der Waals surface area contributed by atoms with Crippen LogP contribution >= 0.6 is 0 Å². The minimum absolute atomic E-state index is 0.0667. The first kappa shape index (κ1) is 16.4. The van der Waals surface area contributed by atoms with Gasteiger partial charge in [0.1, 0.15) is 0 Å². The van der Waals surface area contributed by atoms with E-state index in [1.807, 2.05) is 0 Å². The molecule has 2 rings (SSSR count). The minimum Gasteiger partial charge on any atom is -0.326 e. The second-order valence-electron chi connectivity index (χ2n) is 5.29. The van der Waals surface area contributed by atoms with E-state index in [1.165, 1.54) is 6.07 Å². The lowest BCUT2D eigenvalue weighted by atomic mass is 10.1. The molecule has 0 radical (unpaired) electrons. The molecule has 0 amide bonds. The molecule has 1 fully saturated rings. The van der Waals surface area contributed by atoms with E-state index >= 15 is 0 Å². The summed E-state index contributed by atoms with van der Waals surface area (Å²) < 4.78 is 50.4. The van der Waals surface area contributed by atoms with Crippen molar-refractivity contribution in [1.82, 2.24) is 4.72 Å². The van der Waals surface area contributed by atoms with Crippen molar-refractivity contribution in [3.63, 3.8) is 0 Å². The summed E-state index contributed by atoms with van der Waals surface area (Å²) in [5, 5.41) is -0.615. The first-order valence-corrected chi connectivity index (χ1v) is 9.97. The van der Waals surface area contributed by atoms with Gasteiger partial charge >= 0.3 is 0 Å². The third-order valence-electron chi connectivity index (χ3n) is 3.73. The van der Waals surface area contributed by atoms with Crippen molar-refractivity contribution < 1.29 is 16.8 Å². The molecular formula is C13H20N2O4S2. The molecule has 1 aliphatic rings. The van der Waals surface area contributed by atoms with Gasteiger partial charge in [-0.2, -0.15) is 0 Å². The molecule has 0 saturated carbocycles. The molecule has 1 saturated heterocycles. The number of hydrogen-bond donors (Lipinski definition) is 2. The van der Waals surface area contributed by atoms with E-state index in [2.05, 4.69) is 4.72 Å². The highest BCUT2D eigenvalue weighted by atomic mass is 32.2. The Kier molecular flexibility index (Phi) is 4.72. The summed E-state index contributed by atoms with van der Waals surface area (Å²) in [6, 6.07) is 4.89. The fourth-order valence-corrected chi connectivity index (χ4v) is 5.68. The minimum atomic E-state index is -3.71. The van der Waals surface area contributed by atoms with Crippen molar-refractivity contribution in [2.75, 3.05) is 12.3 Å². The molecule has 1 aromatic carbocycles. The van der Waals surface area contributed by atoms with Gasteiger partial charge < -0.3 is 5.73 Å². The Morgan fingerprint density at radius 3 is 2.62 bits per heavy atom. The monoisotopic (exact) mass is 332 g/mol. The zero-order valence-corrected chi connectivity index (χ0v) is 13.5. The topological polar surface area (TPSA) is 106 Å². The molecule has 0 bridgehead atoms. The van der Waals surface area contributed by atoms with Gasteiger partial charge in [0.05, 0.1) is 15.9 Å². The average Bonchev–Trinajstić information content (AvgIpc) is 2.75. The number of sulfone groups is 1. The molecule has 1 heterocycles. The second kappa shape index (κ2) is 6.04. The van der Waals surface area contributed by atoms with Gasteiger partial charge in [0.2, 0.25) is 10.0 Å². The van der Waals surface area contributed by atoms with Crippen molar-refractivity contribution in [2.24, 2.45) is 5.73 Å². The van der Waals surface area contributed by atoms with Gasteiger partial charge in [0.25, 0.3) is 0 Å². The summed E-state index contributed by atoms with van der Waals surface area (Å²) >= 11 is 0. The van der Waals surface area contributed by atoms with Crippen LogP contribution in [0.15, 0.2) is 23.1 Å². The Labute approximate surface area is 125 Å². The molecule has 1 aliphatic heterocycles. The third-order valence-corrected chi connectivity index (χ3v) is 7.59. The average molecular weight is 332 g/mol. The van der Waals surface area contributed by atoms with Crippen molar-refractivity contribution in [1.29, 1.82) is 0 Å². The van der Waals surface area contributed by atoms with Gasteiger partial charge in [-0.1, -0.05) is 12.1 Å². The Morgan fingerprint density at radius 2 is 2.10 bits per heavy atom. The van der Waals surface area contributed by atoms with Crippen LogP contribution in [0.4, 0.5) is 0 Å². The van der Waals surface area contributed by atoms with E-state index < -0.39 is 25.1 Å². The maximum absolute atomic E-state index is 12.3. The molecule has 1 atom stereocenters. The lowest BCUT2D eigenvalue weighted by Gasteiger charge is -2.13. The third kappa shape index (κ3) is 3.63. The van der Waals surface area contributed by atoms with Crippen LogP contribution < -0.4 is 10.5 Å². The molecular weight excluding hydrogens is 312 g/mol. The molecule has 1 unspecified atom stereocenters. The zero-order valence-electron chi connectivity index (χ0n) is 11.9. The first-order chi connectivity index (χ1) is 9.76. The lowest BCUT2D eigenvalue weighted by molar-refractivity contribution is 0.570. The Bertz CT molecular complexity index is 727.